The summed E-state index contributed by atoms with van der Waals surface area (Å²) in [4.78, 5) is 14.2. The first-order valence-electron chi connectivity index (χ1n) is 7.18. The van der Waals surface area contributed by atoms with Crippen LogP contribution in [0.2, 0.25) is 0 Å². The number of carbonyl (C=O) groups excluding carboxylic acids is 1. The highest BCUT2D eigenvalue weighted by molar-refractivity contribution is 9.10. The first-order valence-corrected chi connectivity index (χ1v) is 7.98. The molecule has 21 heavy (non-hydrogen) atoms. The Hall–Kier alpha value is -1.33. The molecule has 1 aliphatic carbocycles. The van der Waals surface area contributed by atoms with Crippen molar-refractivity contribution in [3.63, 3.8) is 0 Å². The van der Waals surface area contributed by atoms with Gasteiger partial charge in [-0.25, -0.2) is 4.79 Å². The van der Waals surface area contributed by atoms with E-state index in [0.717, 1.165) is 34.1 Å². The van der Waals surface area contributed by atoms with Crippen LogP contribution in [-0.2, 0) is 9.53 Å². The smallest absolute Gasteiger partial charge is 0.338 e. The van der Waals surface area contributed by atoms with Gasteiger partial charge in [0.15, 0.2) is 0 Å². The molecule has 1 aromatic carbocycles. The van der Waals surface area contributed by atoms with Gasteiger partial charge in [0.05, 0.1) is 17.9 Å². The molecule has 0 bridgehead atoms. The van der Waals surface area contributed by atoms with E-state index < -0.39 is 12.1 Å². The van der Waals surface area contributed by atoms with Crippen LogP contribution in [-0.4, -0.2) is 23.7 Å². The Labute approximate surface area is 132 Å². The van der Waals surface area contributed by atoms with Crippen LogP contribution in [0, 0.1) is 6.92 Å². The summed E-state index contributed by atoms with van der Waals surface area (Å²) >= 11 is 3.54. The number of fused-ring (bicyclic) bond motifs is 1. The number of anilines is 1. The van der Waals surface area contributed by atoms with Crippen molar-refractivity contribution in [1.29, 1.82) is 0 Å². The number of rotatable bonds is 3. The van der Waals surface area contributed by atoms with Gasteiger partial charge in [0.2, 0.25) is 0 Å². The molecule has 1 aromatic rings. The molecule has 0 saturated heterocycles. The van der Waals surface area contributed by atoms with E-state index in [2.05, 4.69) is 20.8 Å². The van der Waals surface area contributed by atoms with Crippen molar-refractivity contribution in [2.24, 2.45) is 0 Å². The minimum Gasteiger partial charge on any atom is -0.463 e. The number of benzene rings is 1. The molecular formula is C16H18BrNO3. The summed E-state index contributed by atoms with van der Waals surface area (Å²) < 4.78 is 6.07. The Kier molecular flexibility index (Phi) is 3.80. The van der Waals surface area contributed by atoms with Gasteiger partial charge in [-0.05, 0) is 38.3 Å². The van der Waals surface area contributed by atoms with Crippen LogP contribution in [0.15, 0.2) is 28.4 Å². The van der Waals surface area contributed by atoms with Gasteiger partial charge in [0.1, 0.15) is 6.10 Å². The predicted molar refractivity (Wildman–Crippen MR) is 84.1 cm³/mol. The van der Waals surface area contributed by atoms with Gasteiger partial charge in [0.25, 0.3) is 0 Å². The fourth-order valence-corrected chi connectivity index (χ4v) is 3.05. The van der Waals surface area contributed by atoms with Gasteiger partial charge in [-0.3, -0.25) is 0 Å². The van der Waals surface area contributed by atoms with E-state index in [1.165, 1.54) is 0 Å². The lowest BCUT2D eigenvalue weighted by Gasteiger charge is -2.33. The van der Waals surface area contributed by atoms with Gasteiger partial charge in [-0.1, -0.05) is 22.0 Å². The lowest BCUT2D eigenvalue weighted by Crippen LogP contribution is -2.30. The lowest BCUT2D eigenvalue weighted by atomic mass is 9.93. The van der Waals surface area contributed by atoms with Gasteiger partial charge in [0, 0.05) is 22.3 Å². The molecule has 4 nitrogen and oxygen atoms in total. The van der Waals surface area contributed by atoms with Crippen LogP contribution >= 0.6 is 15.9 Å². The van der Waals surface area contributed by atoms with E-state index in [4.69, 9.17) is 4.74 Å². The third kappa shape index (κ3) is 2.49. The molecule has 1 atom stereocenters. The minimum absolute atomic E-state index is 0.304. The van der Waals surface area contributed by atoms with Gasteiger partial charge < -0.3 is 14.7 Å². The average molecular weight is 352 g/mol. The Morgan fingerprint density at radius 3 is 2.81 bits per heavy atom. The summed E-state index contributed by atoms with van der Waals surface area (Å²) in [5, 5.41) is 10.5. The molecule has 1 unspecified atom stereocenters. The molecule has 5 heteroatoms. The average Bonchev–Trinajstić information content (AvgIpc) is 3.28. The highest BCUT2D eigenvalue weighted by Crippen LogP contribution is 2.45. The Morgan fingerprint density at radius 2 is 2.19 bits per heavy atom. The third-order valence-electron chi connectivity index (χ3n) is 3.97. The maximum absolute atomic E-state index is 12.1. The molecule has 1 aliphatic heterocycles. The van der Waals surface area contributed by atoms with E-state index in [9.17, 15) is 9.90 Å². The van der Waals surface area contributed by atoms with Crippen molar-refractivity contribution < 1.29 is 14.6 Å². The number of aliphatic hydroxyl groups excluding tert-OH is 1. The maximum atomic E-state index is 12.1. The van der Waals surface area contributed by atoms with Crippen molar-refractivity contribution >= 4 is 27.6 Å². The molecule has 0 spiro atoms. The second kappa shape index (κ2) is 5.46. The zero-order valence-electron chi connectivity index (χ0n) is 12.1. The normalized spacial score (nSPS) is 20.9. The van der Waals surface area contributed by atoms with Crippen LogP contribution in [0.1, 0.15) is 37.0 Å². The molecule has 112 valence electrons. The summed E-state index contributed by atoms with van der Waals surface area (Å²) in [6, 6.07) is 4.20. The molecule has 0 aromatic heterocycles. The van der Waals surface area contributed by atoms with Gasteiger partial charge in [-0.15, -0.1) is 0 Å². The Morgan fingerprint density at radius 1 is 1.48 bits per heavy atom. The highest BCUT2D eigenvalue weighted by Gasteiger charge is 2.38. The van der Waals surface area contributed by atoms with Crippen molar-refractivity contribution in [3.05, 3.63) is 39.5 Å². The zero-order valence-corrected chi connectivity index (χ0v) is 13.7. The molecule has 0 radical (unpaired) electrons. The summed E-state index contributed by atoms with van der Waals surface area (Å²) in [5.41, 5.74) is 3.18. The van der Waals surface area contributed by atoms with Crippen LogP contribution in [0.3, 0.4) is 0 Å². The predicted octanol–water partition coefficient (Wildman–Crippen LogP) is 3.22. The quantitative estimate of drug-likeness (QED) is 0.849. The Bertz CT molecular complexity index is 622. The topological polar surface area (TPSA) is 49.8 Å². The van der Waals surface area contributed by atoms with Crippen molar-refractivity contribution in [3.8, 4) is 0 Å². The van der Waals surface area contributed by atoms with Crippen LogP contribution in [0.5, 0.6) is 0 Å². The van der Waals surface area contributed by atoms with Crippen LogP contribution in [0.25, 0.3) is 0 Å². The van der Waals surface area contributed by atoms with E-state index in [1.54, 1.807) is 13.1 Å². The van der Waals surface area contributed by atoms with E-state index in [1.807, 2.05) is 19.1 Å². The molecule has 2 aliphatic rings. The maximum Gasteiger partial charge on any atom is 0.338 e. The molecule has 3 rings (SSSR count). The van der Waals surface area contributed by atoms with Gasteiger partial charge >= 0.3 is 5.97 Å². The molecule has 1 heterocycles. The van der Waals surface area contributed by atoms with E-state index in [0.29, 0.717) is 18.2 Å². The standard InChI is InChI=1S/C16H18BrNO3/c1-3-21-16(20)12-8-18(10-4-5-10)14-9(2)13(17)7-6-11(14)15(12)19/h6-8,10,15,19H,3-5H2,1-2H3. The van der Waals surface area contributed by atoms with E-state index in [-0.39, 0.29) is 0 Å². The van der Waals surface area contributed by atoms with Crippen molar-refractivity contribution in [1.82, 2.24) is 0 Å². The number of esters is 1. The Balaban J connectivity index is 2.09. The second-order valence-corrected chi connectivity index (χ2v) is 6.31. The first kappa shape index (κ1) is 14.6. The number of aliphatic hydroxyl groups is 1. The number of carbonyl (C=O) groups is 1. The largest absolute Gasteiger partial charge is 0.463 e. The summed E-state index contributed by atoms with van der Waals surface area (Å²) in [7, 11) is 0. The second-order valence-electron chi connectivity index (χ2n) is 5.46. The number of halogens is 1. The fraction of sp³-hybridized carbons (Fsp3) is 0.438. The lowest BCUT2D eigenvalue weighted by molar-refractivity contribution is -0.139. The molecule has 1 saturated carbocycles. The van der Waals surface area contributed by atoms with Crippen LogP contribution < -0.4 is 4.90 Å². The van der Waals surface area contributed by atoms with E-state index >= 15 is 0 Å². The van der Waals surface area contributed by atoms with Crippen molar-refractivity contribution in [2.75, 3.05) is 11.5 Å². The summed E-state index contributed by atoms with van der Waals surface area (Å²) in [5.74, 6) is -0.443. The number of hydrogen-bond acceptors (Lipinski definition) is 4. The monoisotopic (exact) mass is 351 g/mol. The minimum atomic E-state index is -0.930. The SMILES string of the molecule is CCOC(=O)C1=CN(C2CC2)c2c(ccc(Br)c2C)C1O. The number of ether oxygens (including phenoxy) is 1. The zero-order chi connectivity index (χ0) is 15.1. The molecule has 1 N–H and O–H groups in total. The first-order chi connectivity index (χ1) is 10.0. The number of nitrogens with zero attached hydrogens (tertiary/aromatic N) is 1. The van der Waals surface area contributed by atoms with Crippen molar-refractivity contribution in [2.45, 2.75) is 38.8 Å². The summed E-state index contributed by atoms with van der Waals surface area (Å²) in [6.07, 6.45) is 3.05. The van der Waals surface area contributed by atoms with Crippen LogP contribution in [0.4, 0.5) is 5.69 Å². The van der Waals surface area contributed by atoms with Gasteiger partial charge in [-0.2, -0.15) is 0 Å². The number of hydrogen-bond donors (Lipinski definition) is 1. The molecule has 1 fully saturated rings. The molecule has 0 amide bonds. The highest BCUT2D eigenvalue weighted by atomic mass is 79.9. The summed E-state index contributed by atoms with van der Waals surface area (Å²) in [6.45, 7) is 4.09. The molecular weight excluding hydrogens is 334 g/mol. The fourth-order valence-electron chi connectivity index (χ4n) is 2.73. The third-order valence-corrected chi connectivity index (χ3v) is 4.83.